The van der Waals surface area contributed by atoms with Crippen molar-refractivity contribution < 1.29 is 14.1 Å². The van der Waals surface area contributed by atoms with Crippen LogP contribution in [0.2, 0.25) is 0 Å². The number of rotatable bonds is 4. The molecule has 0 radical (unpaired) electrons. The molecule has 1 saturated heterocycles. The lowest BCUT2D eigenvalue weighted by molar-refractivity contribution is -0.117. The van der Waals surface area contributed by atoms with Gasteiger partial charge in [-0.1, -0.05) is 25.9 Å². The van der Waals surface area contributed by atoms with Crippen LogP contribution in [-0.4, -0.2) is 29.2 Å². The molecule has 1 atom stereocenters. The molecule has 3 rings (SSSR count). The van der Waals surface area contributed by atoms with Gasteiger partial charge < -0.3 is 14.2 Å². The minimum absolute atomic E-state index is 0.0623. The van der Waals surface area contributed by atoms with E-state index in [9.17, 15) is 4.79 Å². The second-order valence-electron chi connectivity index (χ2n) is 7.04. The first-order valence-corrected chi connectivity index (χ1v) is 8.26. The maximum Gasteiger partial charge on any atom is 0.232 e. The van der Waals surface area contributed by atoms with Gasteiger partial charge >= 0.3 is 0 Å². The van der Waals surface area contributed by atoms with Crippen LogP contribution in [0.15, 0.2) is 28.8 Å². The highest BCUT2D eigenvalue weighted by molar-refractivity contribution is 5.96. The summed E-state index contributed by atoms with van der Waals surface area (Å²) in [6.45, 7) is 9.23. The molecule has 6 nitrogen and oxygen atoms in total. The van der Waals surface area contributed by atoms with E-state index in [0.717, 1.165) is 11.4 Å². The lowest BCUT2D eigenvalue weighted by atomic mass is 9.96. The summed E-state index contributed by atoms with van der Waals surface area (Å²) in [7, 11) is 0. The van der Waals surface area contributed by atoms with E-state index in [0.29, 0.717) is 31.3 Å². The molecule has 0 aliphatic carbocycles. The molecule has 1 fully saturated rings. The van der Waals surface area contributed by atoms with Gasteiger partial charge in [-0.2, -0.15) is 4.98 Å². The first-order chi connectivity index (χ1) is 11.4. The molecule has 2 heterocycles. The van der Waals surface area contributed by atoms with E-state index < -0.39 is 0 Å². The summed E-state index contributed by atoms with van der Waals surface area (Å²) in [4.78, 5) is 18.6. The lowest BCUT2D eigenvalue weighted by Crippen LogP contribution is -2.24. The Labute approximate surface area is 141 Å². The molecule has 24 heavy (non-hydrogen) atoms. The summed E-state index contributed by atoms with van der Waals surface area (Å²) in [5, 5.41) is 4.05. The van der Waals surface area contributed by atoms with E-state index in [-0.39, 0.29) is 17.2 Å². The number of aromatic nitrogens is 2. The number of carbonyl (C=O) groups excluding carboxylic acids is 1. The predicted octanol–water partition coefficient (Wildman–Crippen LogP) is 3.29. The van der Waals surface area contributed by atoms with Crippen molar-refractivity contribution in [3.63, 3.8) is 0 Å². The second kappa shape index (κ2) is 6.26. The quantitative estimate of drug-likeness (QED) is 0.861. The van der Waals surface area contributed by atoms with Crippen molar-refractivity contribution >= 4 is 11.6 Å². The van der Waals surface area contributed by atoms with Gasteiger partial charge in [0.2, 0.25) is 11.8 Å². The Kier molecular flexibility index (Phi) is 4.30. The Hall–Kier alpha value is -2.37. The zero-order valence-corrected chi connectivity index (χ0v) is 14.6. The molecule has 6 heteroatoms. The smallest absolute Gasteiger partial charge is 0.232 e. The fourth-order valence-electron chi connectivity index (χ4n) is 2.72. The second-order valence-corrected chi connectivity index (χ2v) is 7.04. The number of anilines is 1. The normalized spacial score (nSPS) is 18.2. The number of amides is 1. The molecule has 128 valence electrons. The summed E-state index contributed by atoms with van der Waals surface area (Å²) in [6, 6.07) is 7.56. The van der Waals surface area contributed by atoms with Gasteiger partial charge in [-0.05, 0) is 31.2 Å². The van der Waals surface area contributed by atoms with Crippen LogP contribution in [0, 0.1) is 0 Å². The van der Waals surface area contributed by atoms with Gasteiger partial charge in [0.25, 0.3) is 0 Å². The molecule has 1 unspecified atom stereocenters. The van der Waals surface area contributed by atoms with Crippen molar-refractivity contribution in [1.82, 2.24) is 10.1 Å². The fourth-order valence-corrected chi connectivity index (χ4v) is 2.72. The van der Waals surface area contributed by atoms with Gasteiger partial charge in [0.15, 0.2) is 5.82 Å². The molecule has 0 spiro atoms. The van der Waals surface area contributed by atoms with Gasteiger partial charge in [0, 0.05) is 24.1 Å². The molecule has 0 N–H and O–H groups in total. The Morgan fingerprint density at radius 2 is 2.00 bits per heavy atom. The molecular weight excluding hydrogens is 306 g/mol. The molecule has 1 aliphatic rings. The zero-order valence-electron chi connectivity index (χ0n) is 14.6. The van der Waals surface area contributed by atoms with Crippen LogP contribution in [0.3, 0.4) is 0 Å². The molecule has 2 aromatic rings. The highest BCUT2D eigenvalue weighted by atomic mass is 16.5. The maximum atomic E-state index is 12.4. The molecule has 0 saturated carbocycles. The van der Waals surface area contributed by atoms with Crippen LogP contribution in [0.5, 0.6) is 5.75 Å². The SMILES string of the molecule is CCOc1ccc(N2CC(c3nc(C(C)(C)C)no3)CC2=O)cc1. The number of hydrogen-bond donors (Lipinski definition) is 0. The third-order valence-electron chi connectivity index (χ3n) is 4.05. The van der Waals surface area contributed by atoms with E-state index in [1.807, 2.05) is 52.0 Å². The summed E-state index contributed by atoms with van der Waals surface area (Å²) >= 11 is 0. The first-order valence-electron chi connectivity index (χ1n) is 8.26. The standard InChI is InChI=1S/C18H23N3O3/c1-5-23-14-8-6-13(7-9-14)21-11-12(10-15(21)22)16-19-17(20-24-16)18(2,3)4/h6-9,12H,5,10-11H2,1-4H3. The molecular formula is C18H23N3O3. The van der Waals surface area contributed by atoms with Crippen molar-refractivity contribution in [2.24, 2.45) is 0 Å². The molecule has 1 aliphatic heterocycles. The fraction of sp³-hybridized carbons (Fsp3) is 0.500. The van der Waals surface area contributed by atoms with Crippen molar-refractivity contribution in [2.75, 3.05) is 18.1 Å². The van der Waals surface area contributed by atoms with Crippen LogP contribution in [0.1, 0.15) is 51.7 Å². The van der Waals surface area contributed by atoms with E-state index in [1.54, 1.807) is 4.90 Å². The minimum atomic E-state index is -0.168. The van der Waals surface area contributed by atoms with Crippen LogP contribution in [-0.2, 0) is 10.2 Å². The summed E-state index contributed by atoms with van der Waals surface area (Å²) in [5.41, 5.74) is 0.695. The molecule has 1 aromatic heterocycles. The summed E-state index contributed by atoms with van der Waals surface area (Å²) in [6.07, 6.45) is 0.388. The van der Waals surface area contributed by atoms with Crippen LogP contribution < -0.4 is 9.64 Å². The highest BCUT2D eigenvalue weighted by Crippen LogP contribution is 2.32. The lowest BCUT2D eigenvalue weighted by Gasteiger charge is -2.16. The van der Waals surface area contributed by atoms with Gasteiger partial charge in [0.05, 0.1) is 12.5 Å². The van der Waals surface area contributed by atoms with E-state index in [2.05, 4.69) is 10.1 Å². The zero-order chi connectivity index (χ0) is 17.3. The number of hydrogen-bond acceptors (Lipinski definition) is 5. The van der Waals surface area contributed by atoms with Gasteiger partial charge in [-0.3, -0.25) is 4.79 Å². The van der Waals surface area contributed by atoms with Gasteiger partial charge in [0.1, 0.15) is 5.75 Å². The molecule has 0 bridgehead atoms. The largest absolute Gasteiger partial charge is 0.494 e. The average molecular weight is 329 g/mol. The number of benzene rings is 1. The van der Waals surface area contributed by atoms with Crippen LogP contribution >= 0.6 is 0 Å². The Balaban J connectivity index is 1.74. The van der Waals surface area contributed by atoms with E-state index in [1.165, 1.54) is 0 Å². The Morgan fingerprint density at radius 1 is 1.29 bits per heavy atom. The minimum Gasteiger partial charge on any atom is -0.494 e. The van der Waals surface area contributed by atoms with E-state index >= 15 is 0 Å². The maximum absolute atomic E-state index is 12.4. The van der Waals surface area contributed by atoms with E-state index in [4.69, 9.17) is 9.26 Å². The van der Waals surface area contributed by atoms with Crippen LogP contribution in [0.25, 0.3) is 0 Å². The number of ether oxygens (including phenoxy) is 1. The number of carbonyl (C=O) groups is 1. The topological polar surface area (TPSA) is 68.5 Å². The molecule has 1 aromatic carbocycles. The highest BCUT2D eigenvalue weighted by Gasteiger charge is 2.36. The van der Waals surface area contributed by atoms with Crippen molar-refractivity contribution in [1.29, 1.82) is 0 Å². The van der Waals surface area contributed by atoms with Crippen molar-refractivity contribution in [3.05, 3.63) is 36.0 Å². The van der Waals surface area contributed by atoms with Gasteiger partial charge in [-0.15, -0.1) is 0 Å². The summed E-state index contributed by atoms with van der Waals surface area (Å²) in [5.74, 6) is 2.02. The third kappa shape index (κ3) is 3.27. The monoisotopic (exact) mass is 329 g/mol. The van der Waals surface area contributed by atoms with Crippen molar-refractivity contribution in [3.8, 4) is 5.75 Å². The third-order valence-corrected chi connectivity index (χ3v) is 4.05. The number of nitrogens with zero attached hydrogens (tertiary/aromatic N) is 3. The average Bonchev–Trinajstić information content (AvgIpc) is 3.15. The van der Waals surface area contributed by atoms with Crippen molar-refractivity contribution in [2.45, 2.75) is 45.4 Å². The predicted molar refractivity (Wildman–Crippen MR) is 90.3 cm³/mol. The van der Waals surface area contributed by atoms with Gasteiger partial charge in [-0.25, -0.2) is 0 Å². The Bertz CT molecular complexity index is 716. The Morgan fingerprint density at radius 3 is 2.58 bits per heavy atom. The summed E-state index contributed by atoms with van der Waals surface area (Å²) < 4.78 is 10.8. The first kappa shape index (κ1) is 16.5. The molecule has 1 amide bonds. The van der Waals surface area contributed by atoms with Crippen LogP contribution in [0.4, 0.5) is 5.69 Å².